The quantitative estimate of drug-likeness (QED) is 0.911. The van der Waals surface area contributed by atoms with Gasteiger partial charge in [-0.3, -0.25) is 4.79 Å². The highest BCUT2D eigenvalue weighted by molar-refractivity contribution is 7.97. The number of fused-ring (bicyclic) bond motifs is 1. The summed E-state index contributed by atoms with van der Waals surface area (Å²) in [6, 6.07) is 7.98. The van der Waals surface area contributed by atoms with Gasteiger partial charge < -0.3 is 14.6 Å². The van der Waals surface area contributed by atoms with Crippen LogP contribution in [0.5, 0.6) is 0 Å². The second kappa shape index (κ2) is 7.36. The number of rotatable bonds is 5. The number of aromatic nitrogens is 2. The van der Waals surface area contributed by atoms with Crippen molar-refractivity contribution in [2.24, 2.45) is 5.92 Å². The van der Waals surface area contributed by atoms with Crippen molar-refractivity contribution in [2.75, 3.05) is 26.0 Å². The number of piperidine rings is 1. The van der Waals surface area contributed by atoms with Crippen LogP contribution in [0.15, 0.2) is 24.3 Å². The Kier molecular flexibility index (Phi) is 5.23. The molecule has 1 aromatic heterocycles. The Morgan fingerprint density at radius 1 is 1.35 bits per heavy atom. The van der Waals surface area contributed by atoms with Crippen LogP contribution < -0.4 is 0 Å². The van der Waals surface area contributed by atoms with Gasteiger partial charge >= 0.3 is 0 Å². The van der Waals surface area contributed by atoms with Gasteiger partial charge in [0.05, 0.1) is 16.8 Å². The molecule has 124 valence electrons. The maximum Gasteiger partial charge on any atom is 0.242 e. The largest absolute Gasteiger partial charge is 0.396 e. The van der Waals surface area contributed by atoms with E-state index in [1.165, 1.54) is 0 Å². The van der Waals surface area contributed by atoms with E-state index in [0.717, 1.165) is 48.5 Å². The molecule has 1 aliphatic heterocycles. The number of likely N-dealkylation sites (tertiary alicyclic amines) is 1. The second-order valence-corrected chi connectivity index (χ2v) is 6.91. The monoisotopic (exact) mass is 333 g/mol. The predicted molar refractivity (Wildman–Crippen MR) is 93.3 cm³/mol. The summed E-state index contributed by atoms with van der Waals surface area (Å²) in [5.41, 5.74) is 1.97. The number of para-hydroxylation sites is 2. The molecule has 2 heterocycles. The summed E-state index contributed by atoms with van der Waals surface area (Å²) in [4.78, 5) is 19.3. The zero-order valence-electron chi connectivity index (χ0n) is 13.4. The lowest BCUT2D eigenvalue weighted by Gasteiger charge is -2.31. The predicted octanol–water partition coefficient (Wildman–Crippen LogP) is 2.13. The van der Waals surface area contributed by atoms with Gasteiger partial charge in [0.15, 0.2) is 0 Å². The average Bonchev–Trinajstić information content (AvgIpc) is 2.93. The van der Waals surface area contributed by atoms with Gasteiger partial charge in [-0.1, -0.05) is 12.1 Å². The van der Waals surface area contributed by atoms with E-state index >= 15 is 0 Å². The van der Waals surface area contributed by atoms with E-state index in [2.05, 4.69) is 4.98 Å². The van der Waals surface area contributed by atoms with Crippen LogP contribution in [0.3, 0.4) is 0 Å². The first-order valence-electron chi connectivity index (χ1n) is 8.04. The molecular weight excluding hydrogens is 310 g/mol. The maximum atomic E-state index is 12.7. The number of benzene rings is 1. The SMILES string of the molecule is CSCc1nc2ccccc2n1CC(=O)N1CCC(CO)CC1. The van der Waals surface area contributed by atoms with Crippen LogP contribution in [0.4, 0.5) is 0 Å². The van der Waals surface area contributed by atoms with Crippen molar-refractivity contribution in [1.82, 2.24) is 14.5 Å². The van der Waals surface area contributed by atoms with Crippen molar-refractivity contribution < 1.29 is 9.90 Å². The summed E-state index contributed by atoms with van der Waals surface area (Å²) < 4.78 is 2.05. The lowest BCUT2D eigenvalue weighted by atomic mass is 9.98. The van der Waals surface area contributed by atoms with Gasteiger partial charge in [-0.2, -0.15) is 11.8 Å². The fourth-order valence-electron chi connectivity index (χ4n) is 3.14. The fraction of sp³-hybridized carbons (Fsp3) is 0.529. The van der Waals surface area contributed by atoms with Crippen LogP contribution in [0, 0.1) is 5.92 Å². The maximum absolute atomic E-state index is 12.7. The van der Waals surface area contributed by atoms with Gasteiger partial charge in [0.2, 0.25) is 5.91 Å². The van der Waals surface area contributed by atoms with Gasteiger partial charge in [0, 0.05) is 19.7 Å². The van der Waals surface area contributed by atoms with Crippen molar-refractivity contribution in [2.45, 2.75) is 25.1 Å². The standard InChI is InChI=1S/C17H23N3O2S/c1-23-12-16-18-14-4-2-3-5-15(14)20(16)10-17(22)19-8-6-13(11-21)7-9-19/h2-5,13,21H,6-12H2,1H3. The average molecular weight is 333 g/mol. The van der Waals surface area contributed by atoms with Crippen molar-refractivity contribution in [3.05, 3.63) is 30.1 Å². The van der Waals surface area contributed by atoms with Crippen LogP contribution in [0.2, 0.25) is 0 Å². The molecule has 0 radical (unpaired) electrons. The summed E-state index contributed by atoms with van der Waals surface area (Å²) >= 11 is 1.71. The number of thioether (sulfide) groups is 1. The first-order chi connectivity index (χ1) is 11.2. The highest BCUT2D eigenvalue weighted by Crippen LogP contribution is 2.21. The molecule has 2 aromatic rings. The summed E-state index contributed by atoms with van der Waals surface area (Å²) in [6.07, 6.45) is 3.83. The smallest absolute Gasteiger partial charge is 0.242 e. The Hall–Kier alpha value is -1.53. The molecule has 1 aromatic carbocycles. The van der Waals surface area contributed by atoms with Crippen molar-refractivity contribution >= 4 is 28.7 Å². The van der Waals surface area contributed by atoms with Crippen molar-refractivity contribution in [3.63, 3.8) is 0 Å². The second-order valence-electron chi connectivity index (χ2n) is 6.04. The van der Waals surface area contributed by atoms with Crippen LogP contribution in [0.25, 0.3) is 11.0 Å². The number of imidazole rings is 1. The summed E-state index contributed by atoms with van der Waals surface area (Å²) in [5, 5.41) is 9.22. The zero-order valence-corrected chi connectivity index (χ0v) is 14.3. The lowest BCUT2D eigenvalue weighted by Crippen LogP contribution is -2.41. The number of nitrogens with zero attached hydrogens (tertiary/aromatic N) is 3. The third-order valence-electron chi connectivity index (χ3n) is 4.53. The molecule has 1 N–H and O–H groups in total. The number of carbonyl (C=O) groups excluding carboxylic acids is 1. The van der Waals surface area contributed by atoms with Gasteiger partial charge in [-0.15, -0.1) is 0 Å². The van der Waals surface area contributed by atoms with E-state index in [1.807, 2.05) is 40.0 Å². The minimum atomic E-state index is 0.145. The fourth-order valence-corrected chi connectivity index (χ4v) is 3.62. The normalized spacial score (nSPS) is 16.2. The molecule has 1 saturated heterocycles. The molecule has 1 aliphatic rings. The van der Waals surface area contributed by atoms with E-state index in [1.54, 1.807) is 11.8 Å². The molecule has 23 heavy (non-hydrogen) atoms. The summed E-state index contributed by atoms with van der Waals surface area (Å²) in [6.45, 7) is 2.06. The van der Waals surface area contributed by atoms with Crippen LogP contribution in [0.1, 0.15) is 18.7 Å². The van der Waals surface area contributed by atoms with Crippen molar-refractivity contribution in [1.29, 1.82) is 0 Å². The van der Waals surface area contributed by atoms with E-state index < -0.39 is 0 Å². The minimum absolute atomic E-state index is 0.145. The topological polar surface area (TPSA) is 58.4 Å². The highest BCUT2D eigenvalue weighted by atomic mass is 32.2. The van der Waals surface area contributed by atoms with Crippen LogP contribution >= 0.6 is 11.8 Å². The first kappa shape index (κ1) is 16.3. The molecule has 0 unspecified atom stereocenters. The minimum Gasteiger partial charge on any atom is -0.396 e. The molecule has 3 rings (SSSR count). The number of aliphatic hydroxyl groups is 1. The number of hydrogen-bond acceptors (Lipinski definition) is 4. The van der Waals surface area contributed by atoms with E-state index in [9.17, 15) is 9.90 Å². The summed E-state index contributed by atoms with van der Waals surface area (Å²) in [5.74, 6) is 2.25. The van der Waals surface area contributed by atoms with E-state index in [0.29, 0.717) is 12.5 Å². The van der Waals surface area contributed by atoms with Crippen molar-refractivity contribution in [3.8, 4) is 0 Å². The molecule has 1 amide bonds. The molecule has 0 aliphatic carbocycles. The number of carbonyl (C=O) groups is 1. The van der Waals surface area contributed by atoms with E-state index in [4.69, 9.17) is 0 Å². The summed E-state index contributed by atoms with van der Waals surface area (Å²) in [7, 11) is 0. The zero-order chi connectivity index (χ0) is 16.2. The Balaban J connectivity index is 1.78. The third-order valence-corrected chi connectivity index (χ3v) is 5.07. The highest BCUT2D eigenvalue weighted by Gasteiger charge is 2.23. The van der Waals surface area contributed by atoms with E-state index in [-0.39, 0.29) is 12.5 Å². The number of amides is 1. The molecule has 0 atom stereocenters. The molecule has 0 spiro atoms. The lowest BCUT2D eigenvalue weighted by molar-refractivity contribution is -0.133. The number of aliphatic hydroxyl groups excluding tert-OH is 1. The molecule has 6 heteroatoms. The van der Waals surface area contributed by atoms with Gasteiger partial charge in [-0.05, 0) is 37.1 Å². The molecule has 0 bridgehead atoms. The van der Waals surface area contributed by atoms with Crippen LogP contribution in [-0.4, -0.2) is 51.4 Å². The molecule has 1 fully saturated rings. The van der Waals surface area contributed by atoms with Gasteiger partial charge in [0.1, 0.15) is 12.4 Å². The number of hydrogen-bond donors (Lipinski definition) is 1. The Bertz CT molecular complexity index is 678. The third kappa shape index (κ3) is 3.53. The van der Waals surface area contributed by atoms with Crippen LogP contribution in [-0.2, 0) is 17.1 Å². The first-order valence-corrected chi connectivity index (χ1v) is 9.44. The Morgan fingerprint density at radius 2 is 2.09 bits per heavy atom. The molecule has 5 nitrogen and oxygen atoms in total. The Labute approximate surface area is 140 Å². The van der Waals surface area contributed by atoms with Gasteiger partial charge in [0.25, 0.3) is 0 Å². The Morgan fingerprint density at radius 3 is 2.78 bits per heavy atom. The van der Waals surface area contributed by atoms with Gasteiger partial charge in [-0.25, -0.2) is 4.98 Å². The molecular formula is C17H23N3O2S. The molecule has 0 saturated carbocycles.